The molecule has 6 nitrogen and oxygen atoms in total. The summed E-state index contributed by atoms with van der Waals surface area (Å²) in [5.74, 6) is -0.0428. The summed E-state index contributed by atoms with van der Waals surface area (Å²) in [6.45, 7) is 2.49. The lowest BCUT2D eigenvalue weighted by Gasteiger charge is -2.44. The number of pyridine rings is 1. The molecule has 0 N–H and O–H groups in total. The predicted molar refractivity (Wildman–Crippen MR) is 138 cm³/mol. The summed E-state index contributed by atoms with van der Waals surface area (Å²) in [5, 5.41) is 0. The zero-order valence-corrected chi connectivity index (χ0v) is 20.6. The van der Waals surface area contributed by atoms with Crippen molar-refractivity contribution in [3.63, 3.8) is 0 Å². The molecule has 0 unspecified atom stereocenters. The van der Waals surface area contributed by atoms with E-state index in [-0.39, 0.29) is 18.5 Å². The van der Waals surface area contributed by atoms with Gasteiger partial charge in [0.2, 0.25) is 0 Å². The summed E-state index contributed by atoms with van der Waals surface area (Å²) in [5.41, 5.74) is 4.19. The standard InChI is InChI=1S/C30H32N4O2/c35-28-30(13-17-32(18-14-30)27-19-25-10-4-5-11-26(25)20-27)34(16-12-23-7-2-1-3-8-23)29(36)33(28)22-24-9-6-15-31-21-24/h1-11,15,21,27H,12-14,16-20,22H2. The fourth-order valence-corrected chi connectivity index (χ4v) is 6.33. The minimum Gasteiger partial charge on any atom is -0.309 e. The van der Waals surface area contributed by atoms with Crippen molar-refractivity contribution in [1.82, 2.24) is 19.7 Å². The van der Waals surface area contributed by atoms with Crippen LogP contribution in [0.1, 0.15) is 35.1 Å². The molecule has 36 heavy (non-hydrogen) atoms. The number of carbonyl (C=O) groups excluding carboxylic acids is 2. The Morgan fingerprint density at radius 3 is 2.17 bits per heavy atom. The number of likely N-dealkylation sites (tertiary alicyclic amines) is 1. The number of amides is 3. The highest BCUT2D eigenvalue weighted by Gasteiger charge is 2.58. The number of urea groups is 1. The van der Waals surface area contributed by atoms with Gasteiger partial charge in [0.1, 0.15) is 5.54 Å². The lowest BCUT2D eigenvalue weighted by Crippen LogP contribution is -2.58. The van der Waals surface area contributed by atoms with Gasteiger partial charge in [-0.25, -0.2) is 4.79 Å². The van der Waals surface area contributed by atoms with Gasteiger partial charge < -0.3 is 4.90 Å². The van der Waals surface area contributed by atoms with E-state index in [1.807, 2.05) is 35.2 Å². The molecule has 2 aromatic carbocycles. The molecule has 6 rings (SSSR count). The molecule has 3 aliphatic rings. The zero-order chi connectivity index (χ0) is 24.5. The van der Waals surface area contributed by atoms with E-state index in [9.17, 15) is 9.59 Å². The van der Waals surface area contributed by atoms with Crippen LogP contribution in [0.3, 0.4) is 0 Å². The Kier molecular flexibility index (Phi) is 6.05. The highest BCUT2D eigenvalue weighted by atomic mass is 16.2. The van der Waals surface area contributed by atoms with Gasteiger partial charge in [0, 0.05) is 38.1 Å². The summed E-state index contributed by atoms with van der Waals surface area (Å²) in [4.78, 5) is 37.7. The number of imide groups is 1. The molecule has 0 saturated carbocycles. The minimum atomic E-state index is -0.754. The van der Waals surface area contributed by atoms with Crippen LogP contribution in [0.25, 0.3) is 0 Å². The average Bonchev–Trinajstić information content (AvgIpc) is 3.43. The fourth-order valence-electron chi connectivity index (χ4n) is 6.33. The molecule has 6 heteroatoms. The van der Waals surface area contributed by atoms with Crippen LogP contribution in [-0.4, -0.2) is 62.8 Å². The van der Waals surface area contributed by atoms with Gasteiger partial charge in [-0.3, -0.25) is 19.6 Å². The van der Waals surface area contributed by atoms with E-state index in [0.717, 1.165) is 37.9 Å². The highest BCUT2D eigenvalue weighted by molar-refractivity contribution is 6.07. The van der Waals surface area contributed by atoms with Crippen molar-refractivity contribution in [1.29, 1.82) is 0 Å². The van der Waals surface area contributed by atoms with E-state index in [0.29, 0.717) is 25.4 Å². The molecule has 3 heterocycles. The van der Waals surface area contributed by atoms with Crippen LogP contribution in [0.2, 0.25) is 0 Å². The Hall–Kier alpha value is -3.51. The predicted octanol–water partition coefficient (Wildman–Crippen LogP) is 4.09. The van der Waals surface area contributed by atoms with Crippen molar-refractivity contribution < 1.29 is 9.59 Å². The Labute approximate surface area is 212 Å². The first kappa shape index (κ1) is 22.9. The van der Waals surface area contributed by atoms with E-state index in [1.165, 1.54) is 21.6 Å². The van der Waals surface area contributed by atoms with Crippen LogP contribution in [0.5, 0.6) is 0 Å². The second-order valence-electron chi connectivity index (χ2n) is 10.3. The number of piperidine rings is 1. The highest BCUT2D eigenvalue weighted by Crippen LogP contribution is 2.39. The number of nitrogens with zero attached hydrogens (tertiary/aromatic N) is 4. The molecule has 184 valence electrons. The molecule has 0 radical (unpaired) electrons. The smallest absolute Gasteiger partial charge is 0.309 e. The van der Waals surface area contributed by atoms with Crippen molar-refractivity contribution >= 4 is 11.9 Å². The van der Waals surface area contributed by atoms with E-state index in [1.54, 1.807) is 12.4 Å². The largest absolute Gasteiger partial charge is 0.328 e. The Morgan fingerprint density at radius 1 is 0.833 bits per heavy atom. The number of benzene rings is 2. The van der Waals surface area contributed by atoms with Gasteiger partial charge in [0.05, 0.1) is 6.54 Å². The Bertz CT molecular complexity index is 1210. The molecule has 3 aromatic rings. The summed E-state index contributed by atoms with van der Waals surface area (Å²) >= 11 is 0. The number of hydrogen-bond donors (Lipinski definition) is 0. The van der Waals surface area contributed by atoms with Crippen molar-refractivity contribution in [2.45, 2.75) is 50.2 Å². The quantitative estimate of drug-likeness (QED) is 0.499. The topological polar surface area (TPSA) is 56.8 Å². The van der Waals surface area contributed by atoms with Crippen molar-refractivity contribution in [2.24, 2.45) is 0 Å². The maximum absolute atomic E-state index is 13.9. The second-order valence-corrected chi connectivity index (χ2v) is 10.3. The first-order valence-electron chi connectivity index (χ1n) is 13.0. The minimum absolute atomic E-state index is 0.0428. The maximum atomic E-state index is 13.9. The summed E-state index contributed by atoms with van der Waals surface area (Å²) in [6, 6.07) is 23.0. The molecule has 1 aromatic heterocycles. The van der Waals surface area contributed by atoms with Crippen molar-refractivity contribution in [3.8, 4) is 0 Å². The molecule has 1 spiro atoms. The molecule has 0 bridgehead atoms. The van der Waals surface area contributed by atoms with Gasteiger partial charge in [-0.05, 0) is 60.4 Å². The fraction of sp³-hybridized carbons (Fsp3) is 0.367. The summed E-state index contributed by atoms with van der Waals surface area (Å²) in [6.07, 6.45) is 7.69. The van der Waals surface area contributed by atoms with Crippen LogP contribution < -0.4 is 0 Å². The van der Waals surface area contributed by atoms with Crippen LogP contribution in [-0.2, 0) is 30.6 Å². The molecule has 2 aliphatic heterocycles. The van der Waals surface area contributed by atoms with E-state index >= 15 is 0 Å². The normalized spacial score (nSPS) is 19.9. The lowest BCUT2D eigenvalue weighted by atomic mass is 9.84. The molecule has 2 fully saturated rings. The van der Waals surface area contributed by atoms with Crippen LogP contribution in [0.15, 0.2) is 79.1 Å². The average molecular weight is 481 g/mol. The number of fused-ring (bicyclic) bond motifs is 1. The Morgan fingerprint density at radius 2 is 1.50 bits per heavy atom. The second kappa shape index (κ2) is 9.51. The number of aromatic nitrogens is 1. The van der Waals surface area contributed by atoms with Crippen molar-refractivity contribution in [3.05, 3.63) is 101 Å². The first-order chi connectivity index (χ1) is 17.6. The van der Waals surface area contributed by atoms with E-state index in [4.69, 9.17) is 0 Å². The number of rotatable bonds is 6. The lowest BCUT2D eigenvalue weighted by molar-refractivity contribution is -0.136. The molecule has 1 aliphatic carbocycles. The van der Waals surface area contributed by atoms with Gasteiger partial charge in [0.25, 0.3) is 5.91 Å². The molecule has 3 amide bonds. The van der Waals surface area contributed by atoms with Crippen LogP contribution >= 0.6 is 0 Å². The number of hydrogen-bond acceptors (Lipinski definition) is 4. The van der Waals surface area contributed by atoms with Crippen molar-refractivity contribution in [2.75, 3.05) is 19.6 Å². The van der Waals surface area contributed by atoms with Crippen LogP contribution in [0.4, 0.5) is 4.79 Å². The van der Waals surface area contributed by atoms with Gasteiger partial charge >= 0.3 is 6.03 Å². The third-order valence-electron chi connectivity index (χ3n) is 8.32. The third-order valence-corrected chi connectivity index (χ3v) is 8.32. The zero-order valence-electron chi connectivity index (χ0n) is 20.6. The number of carbonyl (C=O) groups is 2. The van der Waals surface area contributed by atoms with E-state index in [2.05, 4.69) is 46.3 Å². The SMILES string of the molecule is O=C1N(Cc2cccnc2)C(=O)C2(CCN(C3Cc4ccccc4C3)CC2)N1CCc1ccccc1. The van der Waals surface area contributed by atoms with Gasteiger partial charge in [0.15, 0.2) is 0 Å². The summed E-state index contributed by atoms with van der Waals surface area (Å²) < 4.78 is 0. The third kappa shape index (κ3) is 4.09. The van der Waals surface area contributed by atoms with Gasteiger partial charge in [-0.2, -0.15) is 0 Å². The van der Waals surface area contributed by atoms with Gasteiger partial charge in [-0.1, -0.05) is 60.7 Å². The van der Waals surface area contributed by atoms with E-state index < -0.39 is 5.54 Å². The van der Waals surface area contributed by atoms with Gasteiger partial charge in [-0.15, -0.1) is 0 Å². The monoisotopic (exact) mass is 480 g/mol. The molecule has 0 atom stereocenters. The molecular formula is C30H32N4O2. The maximum Gasteiger partial charge on any atom is 0.328 e. The molecule has 2 saturated heterocycles. The first-order valence-corrected chi connectivity index (χ1v) is 13.0. The summed E-state index contributed by atoms with van der Waals surface area (Å²) in [7, 11) is 0. The van der Waals surface area contributed by atoms with Crippen LogP contribution in [0, 0.1) is 0 Å². The molecular weight excluding hydrogens is 448 g/mol. The Balaban J connectivity index is 1.22.